The van der Waals surface area contributed by atoms with Crippen LogP contribution in [0, 0.1) is 5.41 Å². The molecule has 4 unspecified atom stereocenters. The lowest BCUT2D eigenvalue weighted by Crippen LogP contribution is -2.56. The normalized spacial score (nSPS) is 14.7. The lowest BCUT2D eigenvalue weighted by atomic mass is 10.1. The van der Waals surface area contributed by atoms with Gasteiger partial charge in [-0.15, -0.1) is 0 Å². The van der Waals surface area contributed by atoms with Crippen molar-refractivity contribution < 1.29 is 28.8 Å². The van der Waals surface area contributed by atoms with Crippen molar-refractivity contribution in [2.24, 2.45) is 5.73 Å². The minimum Gasteiger partial charge on any atom is -0.370 e. The van der Waals surface area contributed by atoms with Crippen LogP contribution in [0.15, 0.2) is 0 Å². The van der Waals surface area contributed by atoms with E-state index in [1.807, 2.05) is 0 Å². The van der Waals surface area contributed by atoms with E-state index < -0.39 is 59.7 Å². The fourth-order valence-corrected chi connectivity index (χ4v) is 2.60. The van der Waals surface area contributed by atoms with Crippen LogP contribution < -0.4 is 37.6 Å². The van der Waals surface area contributed by atoms with Gasteiger partial charge < -0.3 is 37.6 Å². The van der Waals surface area contributed by atoms with E-state index in [4.69, 9.17) is 11.1 Å². The molecule has 0 heterocycles. The first kappa shape index (κ1) is 30.3. The molecule has 0 saturated carbocycles. The summed E-state index contributed by atoms with van der Waals surface area (Å²) >= 11 is 0. The molecule has 5 atom stereocenters. The van der Waals surface area contributed by atoms with Gasteiger partial charge in [-0.25, -0.2) is 0 Å². The van der Waals surface area contributed by atoms with E-state index in [2.05, 4.69) is 31.9 Å². The maximum atomic E-state index is 12.5. The third-order valence-electron chi connectivity index (χ3n) is 4.47. The summed E-state index contributed by atoms with van der Waals surface area (Å²) in [7, 11) is 0. The molecular weight excluding hydrogens is 448 g/mol. The highest BCUT2D eigenvalue weighted by Crippen LogP contribution is 1.99. The van der Waals surface area contributed by atoms with Gasteiger partial charge in [-0.3, -0.25) is 34.2 Å². The summed E-state index contributed by atoms with van der Waals surface area (Å²) in [6.07, 6.45) is 2.25. The summed E-state index contributed by atoms with van der Waals surface area (Å²) in [5, 5.41) is 21.9. The van der Waals surface area contributed by atoms with Crippen LogP contribution in [0.5, 0.6) is 0 Å². The highest BCUT2D eigenvalue weighted by Gasteiger charge is 2.26. The molecule has 0 rings (SSSR count). The molecule has 0 saturated heterocycles. The Morgan fingerprint density at radius 2 is 1.24 bits per heavy atom. The number of nitrogens with one attached hydrogen (secondary N) is 7. The average Bonchev–Trinajstić information content (AvgIpc) is 2.74. The zero-order valence-electron chi connectivity index (χ0n) is 20.0. The lowest BCUT2D eigenvalue weighted by molar-refractivity contribution is -0.133. The first-order chi connectivity index (χ1) is 15.8. The molecule has 34 heavy (non-hydrogen) atoms. The van der Waals surface area contributed by atoms with E-state index in [9.17, 15) is 28.8 Å². The molecule has 14 heteroatoms. The monoisotopic (exact) mass is 483 g/mol. The first-order valence-electron chi connectivity index (χ1n) is 10.7. The van der Waals surface area contributed by atoms with Gasteiger partial charge in [0.15, 0.2) is 5.96 Å². The summed E-state index contributed by atoms with van der Waals surface area (Å²) in [5.74, 6) is -3.13. The van der Waals surface area contributed by atoms with Crippen molar-refractivity contribution in [3.8, 4) is 0 Å². The minimum absolute atomic E-state index is 0.215. The SMILES string of the molecule is CC(=O)N[C@H](CCCNC(=N)N)C(=O)NC(C)C(=O)NC(C)C(=O)NC(C)C(=O)NC(C)[C]=O. The van der Waals surface area contributed by atoms with Crippen molar-refractivity contribution in [1.82, 2.24) is 31.9 Å². The number of hydrogen-bond acceptors (Lipinski definition) is 7. The molecule has 0 aromatic heterocycles. The molecule has 9 N–H and O–H groups in total. The van der Waals surface area contributed by atoms with Crippen LogP contribution in [0.3, 0.4) is 0 Å². The second-order valence-electron chi connectivity index (χ2n) is 7.77. The number of hydrogen-bond donors (Lipinski definition) is 8. The summed E-state index contributed by atoms with van der Waals surface area (Å²) in [4.78, 5) is 71.0. The molecule has 0 aliphatic rings. The molecule has 0 aliphatic heterocycles. The third kappa shape index (κ3) is 12.4. The molecule has 0 aromatic carbocycles. The molecule has 191 valence electrons. The predicted molar refractivity (Wildman–Crippen MR) is 123 cm³/mol. The van der Waals surface area contributed by atoms with E-state index in [0.717, 1.165) is 0 Å². The quantitative estimate of drug-likeness (QED) is 0.0715. The Morgan fingerprint density at radius 1 is 0.794 bits per heavy atom. The molecule has 0 aromatic rings. The molecular formula is C20H35N8O6. The van der Waals surface area contributed by atoms with E-state index >= 15 is 0 Å². The van der Waals surface area contributed by atoms with Gasteiger partial charge in [-0.2, -0.15) is 0 Å². The van der Waals surface area contributed by atoms with E-state index in [-0.39, 0.29) is 12.4 Å². The Bertz CT molecular complexity index is 774. The van der Waals surface area contributed by atoms with Gasteiger partial charge in [0.1, 0.15) is 24.2 Å². The van der Waals surface area contributed by atoms with E-state index in [0.29, 0.717) is 13.0 Å². The van der Waals surface area contributed by atoms with Crippen molar-refractivity contribution in [2.75, 3.05) is 6.54 Å². The van der Waals surface area contributed by atoms with Crippen molar-refractivity contribution in [3.63, 3.8) is 0 Å². The van der Waals surface area contributed by atoms with E-state index in [1.165, 1.54) is 34.6 Å². The van der Waals surface area contributed by atoms with E-state index in [1.54, 1.807) is 6.29 Å². The summed E-state index contributed by atoms with van der Waals surface area (Å²) < 4.78 is 0. The molecule has 1 radical (unpaired) electrons. The second-order valence-corrected chi connectivity index (χ2v) is 7.77. The van der Waals surface area contributed by atoms with Gasteiger partial charge in [-0.05, 0) is 40.5 Å². The van der Waals surface area contributed by atoms with Crippen molar-refractivity contribution in [2.45, 2.75) is 77.7 Å². The van der Waals surface area contributed by atoms with Crippen LogP contribution in [-0.4, -0.2) is 78.5 Å². The van der Waals surface area contributed by atoms with Gasteiger partial charge in [0.05, 0.1) is 6.04 Å². The fraction of sp³-hybridized carbons (Fsp3) is 0.650. The topological polar surface area (TPSA) is 224 Å². The predicted octanol–water partition coefficient (Wildman–Crippen LogP) is -3.12. The number of carbonyl (C=O) groups is 5. The van der Waals surface area contributed by atoms with Crippen LogP contribution >= 0.6 is 0 Å². The number of guanidine groups is 1. The number of rotatable bonds is 14. The number of carbonyl (C=O) groups excluding carboxylic acids is 6. The summed E-state index contributed by atoms with van der Waals surface area (Å²) in [5.41, 5.74) is 5.19. The zero-order valence-corrected chi connectivity index (χ0v) is 20.0. The Balaban J connectivity index is 4.78. The maximum absolute atomic E-state index is 12.5. The minimum atomic E-state index is -1.03. The number of nitrogens with two attached hydrogens (primary N) is 1. The number of amides is 5. The first-order valence-corrected chi connectivity index (χ1v) is 10.7. The molecule has 0 bridgehead atoms. The molecule has 0 aliphatic carbocycles. The largest absolute Gasteiger partial charge is 0.370 e. The molecule has 0 spiro atoms. The molecule has 5 amide bonds. The van der Waals surface area contributed by atoms with Crippen molar-refractivity contribution in [3.05, 3.63) is 0 Å². The fourth-order valence-electron chi connectivity index (χ4n) is 2.60. The highest BCUT2D eigenvalue weighted by molar-refractivity contribution is 5.95. The van der Waals surface area contributed by atoms with Gasteiger partial charge in [0.2, 0.25) is 35.8 Å². The van der Waals surface area contributed by atoms with Gasteiger partial charge in [0, 0.05) is 13.5 Å². The van der Waals surface area contributed by atoms with Gasteiger partial charge >= 0.3 is 0 Å². The van der Waals surface area contributed by atoms with Gasteiger partial charge in [-0.1, -0.05) is 0 Å². The Labute approximate surface area is 198 Å². The zero-order chi connectivity index (χ0) is 26.4. The second kappa shape index (κ2) is 15.2. The Morgan fingerprint density at radius 3 is 1.65 bits per heavy atom. The van der Waals surface area contributed by atoms with Crippen LogP contribution in [-0.2, 0) is 28.8 Å². The lowest BCUT2D eigenvalue weighted by Gasteiger charge is -2.23. The summed E-state index contributed by atoms with van der Waals surface area (Å²) in [6.45, 7) is 7.23. The van der Waals surface area contributed by atoms with Crippen molar-refractivity contribution >= 4 is 41.8 Å². The van der Waals surface area contributed by atoms with Crippen LogP contribution in [0.2, 0.25) is 0 Å². The maximum Gasteiger partial charge on any atom is 0.243 e. The Kier molecular flexibility index (Phi) is 13.5. The molecule has 0 fully saturated rings. The van der Waals surface area contributed by atoms with Crippen molar-refractivity contribution in [1.29, 1.82) is 5.41 Å². The Hall–Kier alpha value is -3.71. The van der Waals surface area contributed by atoms with Crippen LogP contribution in [0.4, 0.5) is 0 Å². The standard InChI is InChI=1S/C20H35N8O6/c1-10(9-29)24-16(31)11(2)25-17(32)12(3)26-18(33)13(4)27-19(34)15(28-14(5)30)7-6-8-23-20(21)22/h10-13,15H,6-8H2,1-5H3,(H,24,31)(H,25,32)(H,26,33)(H,27,34)(H,28,30)(H4,21,22,23)/t10?,11?,12?,13?,15-/m1/s1. The average molecular weight is 484 g/mol. The van der Waals surface area contributed by atoms with Crippen LogP contribution in [0.1, 0.15) is 47.5 Å². The molecule has 14 nitrogen and oxygen atoms in total. The summed E-state index contributed by atoms with van der Waals surface area (Å²) in [6, 6.07) is -4.76. The third-order valence-corrected chi connectivity index (χ3v) is 4.47. The van der Waals surface area contributed by atoms with Gasteiger partial charge in [0.25, 0.3) is 0 Å². The highest BCUT2D eigenvalue weighted by atomic mass is 16.2. The van der Waals surface area contributed by atoms with Crippen LogP contribution in [0.25, 0.3) is 0 Å². The smallest absolute Gasteiger partial charge is 0.243 e.